The second kappa shape index (κ2) is 5.34. The van der Waals surface area contributed by atoms with Crippen molar-refractivity contribution in [3.63, 3.8) is 0 Å². The Morgan fingerprint density at radius 2 is 2.37 bits per heavy atom. The van der Waals surface area contributed by atoms with E-state index < -0.39 is 0 Å². The van der Waals surface area contributed by atoms with Crippen molar-refractivity contribution in [2.24, 2.45) is 5.92 Å². The first-order chi connectivity index (χ1) is 9.31. The fourth-order valence-corrected chi connectivity index (χ4v) is 2.58. The lowest BCUT2D eigenvalue weighted by Gasteiger charge is -2.32. The van der Waals surface area contributed by atoms with Gasteiger partial charge in [0.05, 0.1) is 0 Å². The van der Waals surface area contributed by atoms with E-state index in [1.807, 2.05) is 23.9 Å². The zero-order valence-electron chi connectivity index (χ0n) is 11.1. The molecule has 0 radical (unpaired) electrons. The summed E-state index contributed by atoms with van der Waals surface area (Å²) in [5.74, 6) is 1.43. The highest BCUT2D eigenvalue weighted by molar-refractivity contribution is 5.30. The van der Waals surface area contributed by atoms with Crippen LogP contribution in [0.1, 0.15) is 18.5 Å². The van der Waals surface area contributed by atoms with E-state index in [9.17, 15) is 0 Å². The number of anilines is 1. The summed E-state index contributed by atoms with van der Waals surface area (Å²) in [7, 11) is 0. The molecule has 19 heavy (non-hydrogen) atoms. The lowest BCUT2D eigenvalue weighted by Crippen LogP contribution is -2.38. The Morgan fingerprint density at radius 1 is 1.42 bits per heavy atom. The summed E-state index contributed by atoms with van der Waals surface area (Å²) < 4.78 is 1.91. The van der Waals surface area contributed by atoms with Gasteiger partial charge in [0.2, 0.25) is 5.95 Å². The number of aryl methyl sites for hydroxylation is 1. The lowest BCUT2D eigenvalue weighted by atomic mass is 9.98. The highest BCUT2D eigenvalue weighted by Gasteiger charge is 2.22. The fourth-order valence-electron chi connectivity index (χ4n) is 2.58. The fraction of sp³-hybridized carbons (Fsp3) is 0.538. The number of hydrogen-bond donors (Lipinski definition) is 0. The van der Waals surface area contributed by atoms with Gasteiger partial charge in [-0.1, -0.05) is 0 Å². The van der Waals surface area contributed by atoms with Gasteiger partial charge in [-0.3, -0.25) is 4.68 Å². The van der Waals surface area contributed by atoms with E-state index in [0.29, 0.717) is 5.92 Å². The first-order valence-corrected chi connectivity index (χ1v) is 6.68. The maximum atomic E-state index is 4.51. The summed E-state index contributed by atoms with van der Waals surface area (Å²) in [5, 5.41) is 4.18. The van der Waals surface area contributed by atoms with Crippen LogP contribution < -0.4 is 4.90 Å². The average molecular weight is 258 g/mol. The Bertz CT molecular complexity index is 524. The Kier molecular flexibility index (Phi) is 3.39. The largest absolute Gasteiger partial charge is 0.340 e. The molecule has 1 unspecified atom stereocenters. The van der Waals surface area contributed by atoms with Gasteiger partial charge in [-0.15, -0.1) is 0 Å². The topological polar surface area (TPSA) is 59.7 Å². The third kappa shape index (κ3) is 2.89. The molecule has 0 spiro atoms. The van der Waals surface area contributed by atoms with E-state index in [2.05, 4.69) is 25.0 Å². The molecule has 1 atom stereocenters. The first-order valence-electron chi connectivity index (χ1n) is 6.68. The molecule has 6 nitrogen and oxygen atoms in total. The molecule has 0 amide bonds. The van der Waals surface area contributed by atoms with Crippen LogP contribution in [0.3, 0.4) is 0 Å². The molecule has 1 saturated heterocycles. The molecule has 0 N–H and O–H groups in total. The van der Waals surface area contributed by atoms with E-state index in [0.717, 1.165) is 31.3 Å². The first kappa shape index (κ1) is 12.1. The van der Waals surface area contributed by atoms with Crippen LogP contribution in [0.25, 0.3) is 0 Å². The van der Waals surface area contributed by atoms with Gasteiger partial charge < -0.3 is 4.90 Å². The monoisotopic (exact) mass is 258 g/mol. The zero-order chi connectivity index (χ0) is 13.1. The van der Waals surface area contributed by atoms with E-state index in [1.165, 1.54) is 12.8 Å². The molecule has 2 aromatic heterocycles. The maximum Gasteiger partial charge on any atom is 0.225 e. The molecule has 100 valence electrons. The molecule has 0 bridgehead atoms. The van der Waals surface area contributed by atoms with Crippen LogP contribution in [-0.4, -0.2) is 37.8 Å². The van der Waals surface area contributed by atoms with Crippen molar-refractivity contribution in [2.75, 3.05) is 18.0 Å². The van der Waals surface area contributed by atoms with Gasteiger partial charge in [-0.05, 0) is 31.7 Å². The predicted molar refractivity (Wildman–Crippen MR) is 71.7 cm³/mol. The van der Waals surface area contributed by atoms with Gasteiger partial charge in [0, 0.05) is 31.5 Å². The van der Waals surface area contributed by atoms with Crippen molar-refractivity contribution >= 4 is 5.95 Å². The second-order valence-electron chi connectivity index (χ2n) is 5.07. The molecule has 3 rings (SSSR count). The van der Waals surface area contributed by atoms with E-state index in [1.54, 1.807) is 12.7 Å². The van der Waals surface area contributed by atoms with Gasteiger partial charge >= 0.3 is 0 Å². The van der Waals surface area contributed by atoms with Crippen molar-refractivity contribution in [3.8, 4) is 0 Å². The molecular weight excluding hydrogens is 240 g/mol. The highest BCUT2D eigenvalue weighted by atomic mass is 15.3. The third-order valence-corrected chi connectivity index (χ3v) is 3.50. The molecule has 1 fully saturated rings. The highest BCUT2D eigenvalue weighted by Crippen LogP contribution is 2.21. The Balaban J connectivity index is 1.67. The lowest BCUT2D eigenvalue weighted by molar-refractivity contribution is 0.349. The third-order valence-electron chi connectivity index (χ3n) is 3.50. The molecule has 1 aliphatic heterocycles. The van der Waals surface area contributed by atoms with Crippen LogP contribution in [0, 0.1) is 12.8 Å². The minimum atomic E-state index is 0.583. The summed E-state index contributed by atoms with van der Waals surface area (Å²) in [5.41, 5.74) is 1.02. The number of aromatic nitrogens is 5. The van der Waals surface area contributed by atoms with Crippen molar-refractivity contribution in [1.29, 1.82) is 0 Å². The van der Waals surface area contributed by atoms with Crippen LogP contribution >= 0.6 is 0 Å². The van der Waals surface area contributed by atoms with E-state index in [-0.39, 0.29) is 0 Å². The standard InChI is InChI=1S/C13H18N6/c1-11-4-5-15-13(17-11)18-6-2-3-12(7-18)8-19-10-14-9-16-19/h4-5,9-10,12H,2-3,6-8H2,1H3. The summed E-state index contributed by atoms with van der Waals surface area (Å²) in [6, 6.07) is 1.93. The Morgan fingerprint density at radius 3 is 3.16 bits per heavy atom. The smallest absolute Gasteiger partial charge is 0.225 e. The summed E-state index contributed by atoms with van der Waals surface area (Å²) >= 11 is 0. The van der Waals surface area contributed by atoms with Gasteiger partial charge in [0.15, 0.2) is 0 Å². The normalized spacial score (nSPS) is 19.6. The molecule has 6 heteroatoms. The molecular formula is C13H18N6. The van der Waals surface area contributed by atoms with E-state index in [4.69, 9.17) is 0 Å². The summed E-state index contributed by atoms with van der Waals surface area (Å²) in [4.78, 5) is 15.1. The molecule has 0 aromatic carbocycles. The quantitative estimate of drug-likeness (QED) is 0.830. The molecule has 0 saturated carbocycles. The van der Waals surface area contributed by atoms with Crippen LogP contribution in [0.4, 0.5) is 5.95 Å². The van der Waals surface area contributed by atoms with Crippen molar-refractivity contribution in [1.82, 2.24) is 24.7 Å². The van der Waals surface area contributed by atoms with Crippen molar-refractivity contribution in [3.05, 3.63) is 30.6 Å². The zero-order valence-corrected chi connectivity index (χ0v) is 11.1. The van der Waals surface area contributed by atoms with Crippen molar-refractivity contribution < 1.29 is 0 Å². The van der Waals surface area contributed by atoms with Crippen LogP contribution in [0.2, 0.25) is 0 Å². The van der Waals surface area contributed by atoms with Gasteiger partial charge in [-0.2, -0.15) is 5.10 Å². The molecule has 0 aliphatic carbocycles. The SMILES string of the molecule is Cc1ccnc(N2CCCC(Cn3cncn3)C2)n1. The molecule has 2 aromatic rings. The Hall–Kier alpha value is -1.98. The van der Waals surface area contributed by atoms with E-state index >= 15 is 0 Å². The van der Waals surface area contributed by atoms with Gasteiger partial charge in [-0.25, -0.2) is 15.0 Å². The number of nitrogens with zero attached hydrogens (tertiary/aromatic N) is 6. The number of rotatable bonds is 3. The van der Waals surface area contributed by atoms with Crippen LogP contribution in [-0.2, 0) is 6.54 Å². The minimum Gasteiger partial charge on any atom is -0.340 e. The summed E-state index contributed by atoms with van der Waals surface area (Å²) in [6.45, 7) is 4.95. The number of piperidine rings is 1. The van der Waals surface area contributed by atoms with Gasteiger partial charge in [0.25, 0.3) is 0 Å². The molecule has 3 heterocycles. The average Bonchev–Trinajstić information content (AvgIpc) is 2.92. The maximum absolute atomic E-state index is 4.51. The Labute approximate surface area is 112 Å². The predicted octanol–water partition coefficient (Wildman–Crippen LogP) is 1.29. The second-order valence-corrected chi connectivity index (χ2v) is 5.07. The number of hydrogen-bond acceptors (Lipinski definition) is 5. The molecule has 1 aliphatic rings. The van der Waals surface area contributed by atoms with Gasteiger partial charge in [0.1, 0.15) is 12.7 Å². The van der Waals surface area contributed by atoms with Crippen LogP contribution in [0.15, 0.2) is 24.9 Å². The van der Waals surface area contributed by atoms with Crippen LogP contribution in [0.5, 0.6) is 0 Å². The van der Waals surface area contributed by atoms with Crippen molar-refractivity contribution in [2.45, 2.75) is 26.3 Å². The summed E-state index contributed by atoms with van der Waals surface area (Å²) in [6.07, 6.45) is 7.60. The minimum absolute atomic E-state index is 0.583.